The molecule has 0 saturated carbocycles. The van der Waals surface area contributed by atoms with Gasteiger partial charge in [0.2, 0.25) is 0 Å². The minimum Gasteiger partial charge on any atom is -0.377 e. The third-order valence-corrected chi connectivity index (χ3v) is 5.90. The molecule has 1 aliphatic rings. The predicted octanol–water partition coefficient (Wildman–Crippen LogP) is 4.27. The molecule has 1 aliphatic heterocycles. The Kier molecular flexibility index (Phi) is 4.83. The van der Waals surface area contributed by atoms with E-state index in [-0.39, 0.29) is 11.7 Å². The summed E-state index contributed by atoms with van der Waals surface area (Å²) in [7, 11) is 0. The molecule has 1 fully saturated rings. The van der Waals surface area contributed by atoms with E-state index in [4.69, 9.17) is 9.72 Å². The first kappa shape index (κ1) is 17.3. The predicted molar refractivity (Wildman–Crippen MR) is 107 cm³/mol. The van der Waals surface area contributed by atoms with E-state index < -0.39 is 0 Å². The zero-order chi connectivity index (χ0) is 18.1. The summed E-state index contributed by atoms with van der Waals surface area (Å²) in [6.07, 6.45) is 2.43. The number of aryl methyl sites for hydroxylation is 2. The van der Waals surface area contributed by atoms with Gasteiger partial charge in [-0.05, 0) is 49.9 Å². The quantitative estimate of drug-likeness (QED) is 0.511. The van der Waals surface area contributed by atoms with Crippen LogP contribution in [-0.4, -0.2) is 28.0 Å². The first-order valence-corrected chi connectivity index (χ1v) is 9.96. The van der Waals surface area contributed by atoms with Gasteiger partial charge in [-0.1, -0.05) is 42.1 Å². The molecule has 1 atom stereocenters. The number of ether oxygens (including phenoxy) is 1. The van der Waals surface area contributed by atoms with Gasteiger partial charge < -0.3 is 4.74 Å². The van der Waals surface area contributed by atoms with Gasteiger partial charge in [0.1, 0.15) is 0 Å². The van der Waals surface area contributed by atoms with Crippen LogP contribution in [0.4, 0.5) is 0 Å². The Bertz CT molecular complexity index is 986. The number of benzene rings is 2. The van der Waals surface area contributed by atoms with Gasteiger partial charge in [-0.2, -0.15) is 0 Å². The second kappa shape index (κ2) is 7.25. The van der Waals surface area contributed by atoms with Crippen molar-refractivity contribution < 1.29 is 4.74 Å². The largest absolute Gasteiger partial charge is 0.377 e. The summed E-state index contributed by atoms with van der Waals surface area (Å²) in [6.45, 7) is 4.91. The monoisotopic (exact) mass is 366 g/mol. The molecule has 0 aliphatic carbocycles. The Morgan fingerprint density at radius 2 is 1.92 bits per heavy atom. The summed E-state index contributed by atoms with van der Waals surface area (Å²) in [4.78, 5) is 18.2. The van der Waals surface area contributed by atoms with Crippen molar-refractivity contribution in [1.82, 2.24) is 9.55 Å². The first-order chi connectivity index (χ1) is 12.6. The molecule has 134 valence electrons. The molecular formula is C21H22N2O2S. The molecule has 2 aromatic carbocycles. The highest BCUT2D eigenvalue weighted by Crippen LogP contribution is 2.27. The van der Waals surface area contributed by atoms with E-state index in [1.807, 2.05) is 56.3 Å². The number of hydrogen-bond acceptors (Lipinski definition) is 4. The first-order valence-electron chi connectivity index (χ1n) is 8.98. The molecule has 5 heteroatoms. The minimum absolute atomic E-state index is 0.0113. The van der Waals surface area contributed by atoms with Crippen molar-refractivity contribution in [3.8, 4) is 5.69 Å². The minimum atomic E-state index is -0.0113. The summed E-state index contributed by atoms with van der Waals surface area (Å²) in [5.74, 6) is 0.815. The molecule has 0 spiro atoms. The number of aromatic nitrogens is 2. The molecule has 0 amide bonds. The molecule has 2 heterocycles. The second-order valence-corrected chi connectivity index (χ2v) is 7.73. The maximum atomic E-state index is 13.3. The van der Waals surface area contributed by atoms with E-state index in [1.54, 1.807) is 16.3 Å². The van der Waals surface area contributed by atoms with Crippen LogP contribution in [-0.2, 0) is 4.74 Å². The van der Waals surface area contributed by atoms with E-state index in [2.05, 4.69) is 0 Å². The van der Waals surface area contributed by atoms with E-state index in [0.717, 1.165) is 52.7 Å². The van der Waals surface area contributed by atoms with Gasteiger partial charge in [0.25, 0.3) is 5.56 Å². The van der Waals surface area contributed by atoms with Crippen LogP contribution in [0.15, 0.2) is 52.4 Å². The third kappa shape index (κ3) is 3.17. The van der Waals surface area contributed by atoms with E-state index >= 15 is 0 Å². The van der Waals surface area contributed by atoms with E-state index in [0.29, 0.717) is 5.39 Å². The molecular weight excluding hydrogens is 344 g/mol. The van der Waals surface area contributed by atoms with Crippen molar-refractivity contribution in [3.05, 3.63) is 63.9 Å². The van der Waals surface area contributed by atoms with Crippen LogP contribution in [0, 0.1) is 13.8 Å². The van der Waals surface area contributed by atoms with Gasteiger partial charge in [0.05, 0.1) is 22.7 Å². The molecule has 0 unspecified atom stereocenters. The Labute approximate surface area is 157 Å². The lowest BCUT2D eigenvalue weighted by molar-refractivity contribution is 0.129. The molecule has 4 rings (SSSR count). The summed E-state index contributed by atoms with van der Waals surface area (Å²) < 4.78 is 7.53. The van der Waals surface area contributed by atoms with Crippen molar-refractivity contribution >= 4 is 22.7 Å². The van der Waals surface area contributed by atoms with Crippen LogP contribution in [0.3, 0.4) is 0 Å². The summed E-state index contributed by atoms with van der Waals surface area (Å²) in [5.41, 5.74) is 3.81. The number of rotatable bonds is 4. The molecule has 0 radical (unpaired) electrons. The fourth-order valence-corrected chi connectivity index (χ4v) is 4.57. The number of nitrogens with zero attached hydrogens (tertiary/aromatic N) is 2. The van der Waals surface area contributed by atoms with Crippen molar-refractivity contribution in [2.24, 2.45) is 0 Å². The van der Waals surface area contributed by atoms with Crippen molar-refractivity contribution in [2.45, 2.75) is 37.9 Å². The molecule has 1 aromatic heterocycles. The van der Waals surface area contributed by atoms with Crippen LogP contribution in [0.2, 0.25) is 0 Å². The van der Waals surface area contributed by atoms with Crippen molar-refractivity contribution in [2.75, 3.05) is 12.4 Å². The zero-order valence-electron chi connectivity index (χ0n) is 15.1. The average Bonchev–Trinajstić information content (AvgIpc) is 3.15. The fraction of sp³-hybridized carbons (Fsp3) is 0.333. The maximum absolute atomic E-state index is 13.3. The molecule has 4 nitrogen and oxygen atoms in total. The summed E-state index contributed by atoms with van der Waals surface area (Å²) >= 11 is 1.61. The maximum Gasteiger partial charge on any atom is 0.266 e. The number of para-hydroxylation sites is 2. The normalized spacial score (nSPS) is 17.1. The third-order valence-electron chi connectivity index (χ3n) is 4.83. The van der Waals surface area contributed by atoms with Crippen LogP contribution in [0.1, 0.15) is 24.0 Å². The van der Waals surface area contributed by atoms with Gasteiger partial charge in [-0.3, -0.25) is 9.36 Å². The Morgan fingerprint density at radius 1 is 1.15 bits per heavy atom. The molecule has 1 saturated heterocycles. The Balaban J connectivity index is 1.89. The van der Waals surface area contributed by atoms with Gasteiger partial charge in [0.15, 0.2) is 5.16 Å². The lowest BCUT2D eigenvalue weighted by Gasteiger charge is -2.18. The van der Waals surface area contributed by atoms with Gasteiger partial charge in [-0.15, -0.1) is 0 Å². The van der Waals surface area contributed by atoms with Gasteiger partial charge in [0, 0.05) is 12.4 Å². The SMILES string of the molecule is Cc1cccc(C)c1-n1c(SC[C@H]2CCCO2)nc2ccccc2c1=O. The fourth-order valence-electron chi connectivity index (χ4n) is 3.51. The molecule has 0 N–H and O–H groups in total. The average molecular weight is 366 g/mol. The number of fused-ring (bicyclic) bond motifs is 1. The Morgan fingerprint density at radius 3 is 2.65 bits per heavy atom. The highest BCUT2D eigenvalue weighted by Gasteiger charge is 2.20. The van der Waals surface area contributed by atoms with Crippen LogP contribution >= 0.6 is 11.8 Å². The number of thioether (sulfide) groups is 1. The van der Waals surface area contributed by atoms with Crippen molar-refractivity contribution in [1.29, 1.82) is 0 Å². The van der Waals surface area contributed by atoms with E-state index in [9.17, 15) is 4.79 Å². The zero-order valence-corrected chi connectivity index (χ0v) is 15.9. The van der Waals surface area contributed by atoms with Gasteiger partial charge in [-0.25, -0.2) is 4.98 Å². The highest BCUT2D eigenvalue weighted by atomic mass is 32.2. The highest BCUT2D eigenvalue weighted by molar-refractivity contribution is 7.99. The summed E-state index contributed by atoms with van der Waals surface area (Å²) in [6, 6.07) is 13.7. The summed E-state index contributed by atoms with van der Waals surface area (Å²) in [5, 5.41) is 1.39. The van der Waals surface area contributed by atoms with Crippen LogP contribution in [0.25, 0.3) is 16.6 Å². The second-order valence-electron chi connectivity index (χ2n) is 6.74. The smallest absolute Gasteiger partial charge is 0.266 e. The lowest BCUT2D eigenvalue weighted by Crippen LogP contribution is -2.24. The molecule has 0 bridgehead atoms. The van der Waals surface area contributed by atoms with Crippen LogP contribution in [0.5, 0.6) is 0 Å². The van der Waals surface area contributed by atoms with Crippen LogP contribution < -0.4 is 5.56 Å². The Hall–Kier alpha value is -2.11. The molecule has 26 heavy (non-hydrogen) atoms. The van der Waals surface area contributed by atoms with E-state index in [1.165, 1.54) is 0 Å². The molecule has 3 aromatic rings. The van der Waals surface area contributed by atoms with Gasteiger partial charge >= 0.3 is 0 Å². The lowest BCUT2D eigenvalue weighted by atomic mass is 10.1. The topological polar surface area (TPSA) is 44.1 Å². The number of hydrogen-bond donors (Lipinski definition) is 0. The standard InChI is InChI=1S/C21H22N2O2S/c1-14-7-5-8-15(2)19(14)23-20(24)17-10-3-4-11-18(17)22-21(23)26-13-16-9-6-12-25-16/h3-5,7-8,10-11,16H,6,9,12-13H2,1-2H3/t16-/m1/s1. The van der Waals surface area contributed by atoms with Crippen molar-refractivity contribution in [3.63, 3.8) is 0 Å².